The fourth-order valence-electron chi connectivity index (χ4n) is 0.893. The number of aryl methyl sites for hydroxylation is 1. The monoisotopic (exact) mass is 209 g/mol. The molecule has 0 fully saturated rings. The highest BCUT2D eigenvalue weighted by molar-refractivity contribution is 5.87. The number of nitrogens with zero attached hydrogens (tertiary/aromatic N) is 2. The lowest BCUT2D eigenvalue weighted by Crippen LogP contribution is -2.11. The summed E-state index contributed by atoms with van der Waals surface area (Å²) in [6, 6.07) is 0.565. The Morgan fingerprint density at radius 1 is 1.64 bits per heavy atom. The van der Waals surface area contributed by atoms with Crippen molar-refractivity contribution in [2.24, 2.45) is 12.9 Å². The Morgan fingerprint density at radius 3 is 2.57 bits per heavy atom. The first-order valence-corrected chi connectivity index (χ1v) is 3.38. The van der Waals surface area contributed by atoms with Crippen LogP contribution in [0.25, 0.3) is 0 Å². The van der Waals surface area contributed by atoms with E-state index in [1.165, 1.54) is 0 Å². The molecule has 0 spiro atoms. The predicted octanol–water partition coefficient (Wildman–Crippen LogP) is 0.469. The van der Waals surface area contributed by atoms with Crippen LogP contribution in [0.2, 0.25) is 0 Å². The highest BCUT2D eigenvalue weighted by Crippen LogP contribution is 2.29. The minimum atomic E-state index is -4.56. The molecule has 0 aliphatic rings. The van der Waals surface area contributed by atoms with Gasteiger partial charge < -0.3 is 4.84 Å². The van der Waals surface area contributed by atoms with Crippen LogP contribution >= 0.6 is 0 Å². The maximum absolute atomic E-state index is 12.2. The first-order chi connectivity index (χ1) is 6.36. The summed E-state index contributed by atoms with van der Waals surface area (Å²) in [6.45, 7) is 0. The van der Waals surface area contributed by atoms with Gasteiger partial charge in [-0.3, -0.25) is 4.68 Å². The maximum Gasteiger partial charge on any atom is 0.433 e. The van der Waals surface area contributed by atoms with Gasteiger partial charge in [-0.15, -0.1) is 0 Å². The van der Waals surface area contributed by atoms with Crippen LogP contribution in [0.5, 0.6) is 0 Å². The topological polar surface area (TPSA) is 70.1 Å². The van der Waals surface area contributed by atoms with Gasteiger partial charge in [0.05, 0.1) is 0 Å². The van der Waals surface area contributed by atoms with E-state index in [1.807, 2.05) is 0 Å². The van der Waals surface area contributed by atoms with Crippen molar-refractivity contribution in [3.05, 3.63) is 17.5 Å². The number of hydrogen-bond donors (Lipinski definition) is 1. The lowest BCUT2D eigenvalue weighted by molar-refractivity contribution is -0.143. The third-order valence-electron chi connectivity index (χ3n) is 1.49. The van der Waals surface area contributed by atoms with Crippen molar-refractivity contribution in [2.45, 2.75) is 6.18 Å². The quantitative estimate of drug-likeness (QED) is 0.682. The Morgan fingerprint density at radius 2 is 2.21 bits per heavy atom. The van der Waals surface area contributed by atoms with Crippen molar-refractivity contribution in [1.82, 2.24) is 9.78 Å². The summed E-state index contributed by atoms with van der Waals surface area (Å²) in [5.74, 6) is 3.38. The zero-order chi connectivity index (χ0) is 10.9. The van der Waals surface area contributed by atoms with Gasteiger partial charge in [0.1, 0.15) is 5.69 Å². The second kappa shape index (κ2) is 3.29. The second-order valence-corrected chi connectivity index (χ2v) is 2.44. The number of nitrogens with two attached hydrogens (primary N) is 1. The zero-order valence-electron chi connectivity index (χ0n) is 7.00. The molecule has 8 heteroatoms. The third kappa shape index (κ3) is 1.84. The van der Waals surface area contributed by atoms with Crippen molar-refractivity contribution in [2.75, 3.05) is 0 Å². The lowest BCUT2D eigenvalue weighted by Gasteiger charge is -2.04. The summed E-state index contributed by atoms with van der Waals surface area (Å²) >= 11 is 0. The van der Waals surface area contributed by atoms with Crippen LogP contribution in [0.3, 0.4) is 0 Å². The highest BCUT2D eigenvalue weighted by atomic mass is 19.4. The van der Waals surface area contributed by atoms with Gasteiger partial charge in [-0.25, -0.2) is 4.79 Å². The van der Waals surface area contributed by atoms with E-state index in [1.54, 1.807) is 0 Å². The lowest BCUT2D eigenvalue weighted by atomic mass is 10.3. The average Bonchev–Trinajstić information content (AvgIpc) is 2.45. The van der Waals surface area contributed by atoms with Crippen molar-refractivity contribution < 1.29 is 22.8 Å². The number of halogens is 3. The molecule has 0 saturated carbocycles. The molecule has 1 heterocycles. The number of aromatic nitrogens is 2. The summed E-state index contributed by atoms with van der Waals surface area (Å²) in [4.78, 5) is 14.5. The van der Waals surface area contributed by atoms with Crippen LogP contribution in [-0.2, 0) is 18.1 Å². The molecule has 5 nitrogen and oxygen atoms in total. The highest BCUT2D eigenvalue weighted by Gasteiger charge is 2.35. The largest absolute Gasteiger partial charge is 0.433 e. The fourth-order valence-corrected chi connectivity index (χ4v) is 0.893. The van der Waals surface area contributed by atoms with E-state index in [2.05, 4.69) is 15.8 Å². The number of carbonyl (C=O) groups is 1. The average molecular weight is 209 g/mol. The third-order valence-corrected chi connectivity index (χ3v) is 1.49. The van der Waals surface area contributed by atoms with Crippen LogP contribution in [0.1, 0.15) is 16.2 Å². The van der Waals surface area contributed by atoms with Gasteiger partial charge in [-0.05, 0) is 0 Å². The number of carbonyl (C=O) groups excluding carboxylic acids is 1. The number of alkyl halides is 3. The fraction of sp³-hybridized carbons (Fsp3) is 0.333. The van der Waals surface area contributed by atoms with Crippen molar-refractivity contribution in [1.29, 1.82) is 0 Å². The van der Waals surface area contributed by atoms with E-state index in [0.717, 1.165) is 7.05 Å². The first kappa shape index (κ1) is 10.5. The molecular weight excluding hydrogens is 203 g/mol. The Hall–Kier alpha value is -1.57. The number of hydrogen-bond acceptors (Lipinski definition) is 4. The van der Waals surface area contributed by atoms with E-state index in [4.69, 9.17) is 0 Å². The SMILES string of the molecule is Cn1nc(C(=O)ON)cc1C(F)(F)F. The molecule has 0 saturated heterocycles. The summed E-state index contributed by atoms with van der Waals surface area (Å²) < 4.78 is 37.1. The van der Waals surface area contributed by atoms with Crippen LogP contribution in [0, 0.1) is 0 Å². The van der Waals surface area contributed by atoms with Crippen LogP contribution in [-0.4, -0.2) is 15.7 Å². The molecule has 1 aromatic heterocycles. The standard InChI is InChI=1S/C6H6F3N3O2/c1-12-4(6(7,8)9)2-3(11-12)5(13)14-10/h2H,10H2,1H3. The van der Waals surface area contributed by atoms with Crippen LogP contribution in [0.4, 0.5) is 13.2 Å². The minimum absolute atomic E-state index is 0.484. The molecule has 0 aliphatic carbocycles. The molecule has 0 aliphatic heterocycles. The van der Waals surface area contributed by atoms with Gasteiger partial charge >= 0.3 is 12.1 Å². The molecule has 0 radical (unpaired) electrons. The smallest absolute Gasteiger partial charge is 0.368 e. The van der Waals surface area contributed by atoms with Gasteiger partial charge in [-0.2, -0.15) is 24.2 Å². The molecule has 1 rings (SSSR count). The molecular formula is C6H6F3N3O2. The molecule has 0 atom stereocenters. The molecule has 14 heavy (non-hydrogen) atoms. The van der Waals surface area contributed by atoms with Crippen molar-refractivity contribution in [3.63, 3.8) is 0 Å². The van der Waals surface area contributed by atoms with Crippen molar-refractivity contribution in [3.8, 4) is 0 Å². The van der Waals surface area contributed by atoms with Gasteiger partial charge in [0.2, 0.25) is 0 Å². The van der Waals surface area contributed by atoms with E-state index in [0.29, 0.717) is 10.7 Å². The van der Waals surface area contributed by atoms with Gasteiger partial charge in [0.25, 0.3) is 0 Å². The zero-order valence-corrected chi connectivity index (χ0v) is 7.00. The molecule has 1 aromatic rings. The summed E-state index contributed by atoms with van der Waals surface area (Å²) in [7, 11) is 1.07. The predicted molar refractivity (Wildman–Crippen MR) is 37.8 cm³/mol. The van der Waals surface area contributed by atoms with Gasteiger partial charge in [0, 0.05) is 13.1 Å². The van der Waals surface area contributed by atoms with E-state index in [-0.39, 0.29) is 0 Å². The minimum Gasteiger partial charge on any atom is -0.368 e. The molecule has 0 amide bonds. The normalized spacial score (nSPS) is 11.5. The van der Waals surface area contributed by atoms with Gasteiger partial charge in [-0.1, -0.05) is 0 Å². The Labute approximate surface area is 76.2 Å². The summed E-state index contributed by atoms with van der Waals surface area (Å²) in [6.07, 6.45) is -4.56. The first-order valence-electron chi connectivity index (χ1n) is 3.38. The maximum atomic E-state index is 12.2. The Kier molecular flexibility index (Phi) is 2.47. The summed E-state index contributed by atoms with van der Waals surface area (Å²) in [5, 5.41) is 3.29. The van der Waals surface area contributed by atoms with E-state index < -0.39 is 23.5 Å². The Balaban J connectivity index is 3.12. The Bertz CT molecular complexity index is 358. The molecule has 0 bridgehead atoms. The molecule has 0 unspecified atom stereocenters. The molecule has 0 aromatic carbocycles. The number of rotatable bonds is 1. The second-order valence-electron chi connectivity index (χ2n) is 2.44. The summed E-state index contributed by atoms with van der Waals surface area (Å²) in [5.41, 5.74) is -1.53. The van der Waals surface area contributed by atoms with E-state index >= 15 is 0 Å². The van der Waals surface area contributed by atoms with E-state index in [9.17, 15) is 18.0 Å². The molecule has 78 valence electrons. The van der Waals surface area contributed by atoms with Gasteiger partial charge in [0.15, 0.2) is 5.69 Å². The molecule has 2 N–H and O–H groups in total. The van der Waals surface area contributed by atoms with Crippen molar-refractivity contribution >= 4 is 5.97 Å². The van der Waals surface area contributed by atoms with Crippen LogP contribution < -0.4 is 5.90 Å². The van der Waals surface area contributed by atoms with Crippen LogP contribution in [0.15, 0.2) is 6.07 Å².